The first-order valence-corrected chi connectivity index (χ1v) is 5.66. The fourth-order valence-corrected chi connectivity index (χ4v) is 2.95. The van der Waals surface area contributed by atoms with Gasteiger partial charge in [-0.25, -0.2) is 0 Å². The number of carbonyl (C=O) groups is 1. The maximum Gasteiger partial charge on any atom is 0.311 e. The van der Waals surface area contributed by atoms with Crippen molar-refractivity contribution < 1.29 is 9.90 Å². The van der Waals surface area contributed by atoms with E-state index in [1.54, 1.807) is 0 Å². The zero-order valence-electron chi connectivity index (χ0n) is 8.54. The molecule has 2 fully saturated rings. The van der Waals surface area contributed by atoms with Crippen molar-refractivity contribution in [2.45, 2.75) is 51.0 Å². The quantitative estimate of drug-likeness (QED) is 0.724. The highest BCUT2D eigenvalue weighted by atomic mass is 16.4. The molecule has 80 valence electrons. The molecule has 3 nitrogen and oxygen atoms in total. The van der Waals surface area contributed by atoms with Gasteiger partial charge in [0.15, 0.2) is 0 Å². The van der Waals surface area contributed by atoms with Crippen molar-refractivity contribution in [3.8, 4) is 0 Å². The minimum Gasteiger partial charge on any atom is -0.481 e. The Hall–Kier alpha value is -0.570. The van der Waals surface area contributed by atoms with Crippen LogP contribution in [0.5, 0.6) is 0 Å². The van der Waals surface area contributed by atoms with Crippen LogP contribution in [0.15, 0.2) is 0 Å². The van der Waals surface area contributed by atoms with Gasteiger partial charge in [0.05, 0.1) is 5.41 Å². The third-order valence-electron chi connectivity index (χ3n) is 4.22. The molecule has 0 amide bonds. The summed E-state index contributed by atoms with van der Waals surface area (Å²) < 4.78 is 0. The largest absolute Gasteiger partial charge is 0.481 e. The molecule has 1 atom stereocenters. The van der Waals surface area contributed by atoms with Crippen molar-refractivity contribution in [1.29, 1.82) is 0 Å². The predicted molar refractivity (Wildman–Crippen MR) is 53.9 cm³/mol. The van der Waals surface area contributed by atoms with E-state index in [0.717, 1.165) is 38.5 Å². The lowest BCUT2D eigenvalue weighted by Gasteiger charge is -2.40. The summed E-state index contributed by atoms with van der Waals surface area (Å²) in [5.74, 6) is -0.182. The average Bonchev–Trinajstić information content (AvgIpc) is 2.49. The van der Waals surface area contributed by atoms with Crippen LogP contribution in [0, 0.1) is 11.3 Å². The van der Waals surface area contributed by atoms with Crippen LogP contribution in [-0.2, 0) is 4.79 Å². The molecule has 0 bridgehead atoms. The van der Waals surface area contributed by atoms with E-state index in [9.17, 15) is 9.90 Å². The molecule has 0 saturated heterocycles. The molecule has 0 radical (unpaired) electrons. The number of carboxylic acids is 1. The Kier molecular flexibility index (Phi) is 2.52. The van der Waals surface area contributed by atoms with Crippen molar-refractivity contribution in [2.24, 2.45) is 17.1 Å². The first-order valence-electron chi connectivity index (χ1n) is 5.66. The lowest BCUT2D eigenvalue weighted by atomic mass is 9.67. The SMILES string of the molecule is NC(C1CCC1)C1(C(=O)O)CCCC1. The molecule has 3 heteroatoms. The van der Waals surface area contributed by atoms with Gasteiger partial charge in [-0.3, -0.25) is 4.79 Å². The Morgan fingerprint density at radius 3 is 2.21 bits per heavy atom. The van der Waals surface area contributed by atoms with E-state index in [2.05, 4.69) is 0 Å². The maximum absolute atomic E-state index is 11.3. The van der Waals surface area contributed by atoms with Crippen LogP contribution in [0.4, 0.5) is 0 Å². The molecule has 14 heavy (non-hydrogen) atoms. The number of hydrogen-bond donors (Lipinski definition) is 2. The van der Waals surface area contributed by atoms with Gasteiger partial charge in [-0.05, 0) is 31.6 Å². The molecule has 0 aromatic rings. The van der Waals surface area contributed by atoms with Gasteiger partial charge in [0.1, 0.15) is 0 Å². The van der Waals surface area contributed by atoms with E-state index in [0.29, 0.717) is 5.92 Å². The van der Waals surface area contributed by atoms with E-state index in [1.807, 2.05) is 0 Å². The molecule has 0 aromatic carbocycles. The van der Waals surface area contributed by atoms with Crippen molar-refractivity contribution in [1.82, 2.24) is 0 Å². The molecule has 3 N–H and O–H groups in total. The fourth-order valence-electron chi connectivity index (χ4n) is 2.95. The van der Waals surface area contributed by atoms with E-state index in [4.69, 9.17) is 5.73 Å². The second kappa shape index (κ2) is 3.54. The number of carboxylic acid groups (broad SMARTS) is 1. The summed E-state index contributed by atoms with van der Waals surface area (Å²) in [6.07, 6.45) is 7.15. The Morgan fingerprint density at radius 1 is 1.29 bits per heavy atom. The fraction of sp³-hybridized carbons (Fsp3) is 0.909. The van der Waals surface area contributed by atoms with Crippen molar-refractivity contribution in [3.63, 3.8) is 0 Å². The van der Waals surface area contributed by atoms with Gasteiger partial charge >= 0.3 is 5.97 Å². The lowest BCUT2D eigenvalue weighted by molar-refractivity contribution is -0.151. The smallest absolute Gasteiger partial charge is 0.311 e. The van der Waals surface area contributed by atoms with Gasteiger partial charge < -0.3 is 10.8 Å². The Bertz CT molecular complexity index is 229. The zero-order valence-corrected chi connectivity index (χ0v) is 8.54. The summed E-state index contributed by atoms with van der Waals surface area (Å²) in [5.41, 5.74) is 5.56. The van der Waals surface area contributed by atoms with Crippen LogP contribution >= 0.6 is 0 Å². The highest BCUT2D eigenvalue weighted by Gasteiger charge is 2.49. The molecule has 0 aliphatic heterocycles. The minimum atomic E-state index is -0.658. The number of hydrogen-bond acceptors (Lipinski definition) is 2. The number of nitrogens with two attached hydrogens (primary N) is 1. The molecule has 2 aliphatic rings. The summed E-state index contributed by atoms with van der Waals surface area (Å²) in [6, 6.07) is -0.101. The topological polar surface area (TPSA) is 63.3 Å². The standard InChI is InChI=1S/C11H19NO2/c12-9(8-4-3-5-8)11(10(13)14)6-1-2-7-11/h8-9H,1-7,12H2,(H,13,14). The maximum atomic E-state index is 11.3. The number of rotatable bonds is 3. The zero-order chi connectivity index (χ0) is 10.2. The van der Waals surface area contributed by atoms with Gasteiger partial charge in [0.2, 0.25) is 0 Å². The van der Waals surface area contributed by atoms with Gasteiger partial charge in [0, 0.05) is 6.04 Å². The molecule has 0 aromatic heterocycles. The summed E-state index contributed by atoms with van der Waals surface area (Å²) >= 11 is 0. The van der Waals surface area contributed by atoms with Crippen molar-refractivity contribution in [2.75, 3.05) is 0 Å². The van der Waals surface area contributed by atoms with Gasteiger partial charge in [0.25, 0.3) is 0 Å². The normalized spacial score (nSPS) is 28.4. The van der Waals surface area contributed by atoms with E-state index < -0.39 is 11.4 Å². The van der Waals surface area contributed by atoms with Crippen LogP contribution in [0.2, 0.25) is 0 Å². The number of aliphatic carboxylic acids is 1. The van der Waals surface area contributed by atoms with Gasteiger partial charge in [-0.2, -0.15) is 0 Å². The van der Waals surface area contributed by atoms with Crippen LogP contribution in [-0.4, -0.2) is 17.1 Å². The van der Waals surface area contributed by atoms with E-state index >= 15 is 0 Å². The lowest BCUT2D eigenvalue weighted by Crippen LogP contribution is -2.51. The van der Waals surface area contributed by atoms with E-state index in [-0.39, 0.29) is 6.04 Å². The molecule has 0 spiro atoms. The summed E-state index contributed by atoms with van der Waals surface area (Å²) in [4.78, 5) is 11.3. The van der Waals surface area contributed by atoms with Crippen LogP contribution in [0.1, 0.15) is 44.9 Å². The molecule has 2 saturated carbocycles. The van der Waals surface area contributed by atoms with Crippen molar-refractivity contribution >= 4 is 5.97 Å². The summed E-state index contributed by atoms with van der Waals surface area (Å²) in [5, 5.41) is 9.32. The first kappa shape index (κ1) is 9.97. The molecule has 2 rings (SSSR count). The predicted octanol–water partition coefficient (Wildman–Crippen LogP) is 1.76. The van der Waals surface area contributed by atoms with Crippen LogP contribution < -0.4 is 5.73 Å². The van der Waals surface area contributed by atoms with E-state index in [1.165, 1.54) is 6.42 Å². The Morgan fingerprint density at radius 2 is 1.86 bits per heavy atom. The summed E-state index contributed by atoms with van der Waals surface area (Å²) in [6.45, 7) is 0. The molecule has 1 unspecified atom stereocenters. The first-order chi connectivity index (χ1) is 6.67. The highest BCUT2D eigenvalue weighted by molar-refractivity contribution is 5.76. The Balaban J connectivity index is 2.12. The molecule has 0 heterocycles. The molecular weight excluding hydrogens is 178 g/mol. The van der Waals surface area contributed by atoms with Gasteiger partial charge in [-0.15, -0.1) is 0 Å². The molecular formula is C11H19NO2. The monoisotopic (exact) mass is 197 g/mol. The molecule has 2 aliphatic carbocycles. The highest BCUT2D eigenvalue weighted by Crippen LogP contribution is 2.46. The van der Waals surface area contributed by atoms with Crippen LogP contribution in [0.25, 0.3) is 0 Å². The average molecular weight is 197 g/mol. The van der Waals surface area contributed by atoms with Gasteiger partial charge in [-0.1, -0.05) is 19.3 Å². The Labute approximate surface area is 84.7 Å². The third kappa shape index (κ3) is 1.34. The third-order valence-corrected chi connectivity index (χ3v) is 4.22. The van der Waals surface area contributed by atoms with Crippen LogP contribution in [0.3, 0.4) is 0 Å². The van der Waals surface area contributed by atoms with Crippen molar-refractivity contribution in [3.05, 3.63) is 0 Å². The second-order valence-electron chi connectivity index (χ2n) is 4.89. The second-order valence-corrected chi connectivity index (χ2v) is 4.89. The summed E-state index contributed by atoms with van der Waals surface area (Å²) in [7, 11) is 0. The minimum absolute atomic E-state index is 0.101.